The van der Waals surface area contributed by atoms with Gasteiger partial charge in [-0.3, -0.25) is 25.0 Å². The average Bonchev–Trinajstić information content (AvgIpc) is 1.96. The molecule has 0 saturated carbocycles. The van der Waals surface area contributed by atoms with Crippen molar-refractivity contribution in [3.8, 4) is 0 Å². The molecule has 0 unspecified atom stereocenters. The highest BCUT2D eigenvalue weighted by molar-refractivity contribution is 6.19. The van der Waals surface area contributed by atoms with Gasteiger partial charge in [-0.2, -0.15) is 0 Å². The monoisotopic (exact) mass is 185 g/mol. The number of amides is 5. The van der Waals surface area contributed by atoms with Gasteiger partial charge in [0.05, 0.1) is 0 Å². The SMILES string of the molecule is CC(=O)NC1C(=O)NC(=O)NC1=O. The zero-order valence-corrected chi connectivity index (χ0v) is 6.71. The van der Waals surface area contributed by atoms with E-state index in [2.05, 4.69) is 5.32 Å². The van der Waals surface area contributed by atoms with E-state index in [4.69, 9.17) is 0 Å². The molecule has 0 aliphatic carbocycles. The topological polar surface area (TPSA) is 104 Å². The number of hydrogen-bond donors (Lipinski definition) is 3. The summed E-state index contributed by atoms with van der Waals surface area (Å²) >= 11 is 0. The van der Waals surface area contributed by atoms with Crippen molar-refractivity contribution in [2.75, 3.05) is 0 Å². The second-order valence-electron chi connectivity index (χ2n) is 2.44. The normalized spacial score (nSPS) is 17.8. The molecule has 7 heteroatoms. The molecule has 1 rings (SSSR count). The van der Waals surface area contributed by atoms with Crippen molar-refractivity contribution < 1.29 is 19.2 Å². The van der Waals surface area contributed by atoms with Crippen LogP contribution in [0.1, 0.15) is 6.92 Å². The zero-order valence-electron chi connectivity index (χ0n) is 6.71. The van der Waals surface area contributed by atoms with E-state index >= 15 is 0 Å². The molecule has 7 nitrogen and oxygen atoms in total. The molecule has 0 aromatic rings. The quantitative estimate of drug-likeness (QED) is 0.405. The largest absolute Gasteiger partial charge is 0.337 e. The van der Waals surface area contributed by atoms with E-state index in [1.165, 1.54) is 0 Å². The van der Waals surface area contributed by atoms with E-state index in [0.717, 1.165) is 6.92 Å². The Bertz CT molecular complexity index is 278. The number of rotatable bonds is 1. The molecule has 1 heterocycles. The first-order chi connectivity index (χ1) is 6.00. The van der Waals surface area contributed by atoms with Crippen molar-refractivity contribution in [2.24, 2.45) is 0 Å². The van der Waals surface area contributed by atoms with Crippen LogP contribution in [0.5, 0.6) is 0 Å². The molecule has 0 aromatic carbocycles. The van der Waals surface area contributed by atoms with Crippen molar-refractivity contribution >= 4 is 23.8 Å². The maximum absolute atomic E-state index is 10.9. The molecule has 70 valence electrons. The third kappa shape index (κ3) is 2.01. The Balaban J connectivity index is 2.73. The molecule has 0 radical (unpaired) electrons. The third-order valence-corrected chi connectivity index (χ3v) is 1.35. The minimum atomic E-state index is -1.32. The maximum atomic E-state index is 10.9. The van der Waals surface area contributed by atoms with Gasteiger partial charge in [0.1, 0.15) is 0 Å². The highest BCUT2D eigenvalue weighted by Crippen LogP contribution is 1.91. The van der Waals surface area contributed by atoms with Crippen LogP contribution < -0.4 is 16.0 Å². The maximum Gasteiger partial charge on any atom is 0.328 e. The highest BCUT2D eigenvalue weighted by Gasteiger charge is 2.34. The number of imide groups is 2. The van der Waals surface area contributed by atoms with Crippen LogP contribution in [0.25, 0.3) is 0 Å². The summed E-state index contributed by atoms with van der Waals surface area (Å²) in [6.07, 6.45) is 0. The lowest BCUT2D eigenvalue weighted by molar-refractivity contribution is -0.136. The van der Waals surface area contributed by atoms with Gasteiger partial charge >= 0.3 is 6.03 Å². The molecular weight excluding hydrogens is 178 g/mol. The van der Waals surface area contributed by atoms with Gasteiger partial charge in [-0.25, -0.2) is 4.79 Å². The fraction of sp³-hybridized carbons (Fsp3) is 0.333. The van der Waals surface area contributed by atoms with Crippen molar-refractivity contribution in [1.82, 2.24) is 16.0 Å². The molecule has 5 amide bonds. The van der Waals surface area contributed by atoms with Crippen LogP contribution in [0.15, 0.2) is 0 Å². The Morgan fingerprint density at radius 2 is 1.69 bits per heavy atom. The van der Waals surface area contributed by atoms with Crippen molar-refractivity contribution in [3.63, 3.8) is 0 Å². The van der Waals surface area contributed by atoms with Crippen LogP contribution in [-0.2, 0) is 14.4 Å². The number of nitrogens with one attached hydrogen (secondary N) is 3. The molecule has 1 fully saturated rings. The van der Waals surface area contributed by atoms with Crippen LogP contribution in [0, 0.1) is 0 Å². The van der Waals surface area contributed by atoms with Gasteiger partial charge in [0.25, 0.3) is 11.8 Å². The molecule has 0 bridgehead atoms. The number of carbonyl (C=O) groups excluding carboxylic acids is 4. The van der Waals surface area contributed by atoms with E-state index in [0.29, 0.717) is 0 Å². The van der Waals surface area contributed by atoms with Gasteiger partial charge in [0.15, 0.2) is 6.04 Å². The van der Waals surface area contributed by atoms with Crippen molar-refractivity contribution in [1.29, 1.82) is 0 Å². The number of urea groups is 1. The lowest BCUT2D eigenvalue weighted by Gasteiger charge is -2.20. The Morgan fingerprint density at radius 3 is 2.08 bits per heavy atom. The van der Waals surface area contributed by atoms with Crippen molar-refractivity contribution in [2.45, 2.75) is 13.0 Å². The van der Waals surface area contributed by atoms with Crippen LogP contribution in [0.2, 0.25) is 0 Å². The Morgan fingerprint density at radius 1 is 1.23 bits per heavy atom. The molecule has 0 aromatic heterocycles. The average molecular weight is 185 g/mol. The molecule has 1 saturated heterocycles. The summed E-state index contributed by atoms with van der Waals surface area (Å²) in [4.78, 5) is 43.0. The molecule has 1 aliphatic heterocycles. The minimum Gasteiger partial charge on any atom is -0.337 e. The first-order valence-corrected chi connectivity index (χ1v) is 3.43. The summed E-state index contributed by atoms with van der Waals surface area (Å²) in [5.41, 5.74) is 0. The first-order valence-electron chi connectivity index (χ1n) is 3.43. The summed E-state index contributed by atoms with van der Waals surface area (Å²) in [6, 6.07) is -2.20. The Labute approximate surface area is 72.9 Å². The molecule has 1 aliphatic rings. The standard InChI is InChI=1S/C6H7N3O4/c1-2(10)7-3-4(11)8-6(13)9-5(3)12/h3H,1H3,(H,7,10)(H2,8,9,11,12,13). The van der Waals surface area contributed by atoms with Gasteiger partial charge in [0.2, 0.25) is 5.91 Å². The fourth-order valence-electron chi connectivity index (χ4n) is 0.853. The Hall–Kier alpha value is -1.92. The van der Waals surface area contributed by atoms with Gasteiger partial charge in [-0.1, -0.05) is 0 Å². The number of hydrogen-bond acceptors (Lipinski definition) is 4. The number of carbonyl (C=O) groups is 4. The fourth-order valence-corrected chi connectivity index (χ4v) is 0.853. The predicted octanol–water partition coefficient (Wildman–Crippen LogP) is -2.14. The third-order valence-electron chi connectivity index (χ3n) is 1.35. The van der Waals surface area contributed by atoms with Gasteiger partial charge in [0, 0.05) is 6.92 Å². The van der Waals surface area contributed by atoms with Gasteiger partial charge < -0.3 is 5.32 Å². The molecule has 13 heavy (non-hydrogen) atoms. The van der Waals surface area contributed by atoms with E-state index in [9.17, 15) is 19.2 Å². The molecule has 0 atom stereocenters. The second-order valence-corrected chi connectivity index (χ2v) is 2.44. The summed E-state index contributed by atoms with van der Waals surface area (Å²) in [5, 5.41) is 5.77. The molecule has 3 N–H and O–H groups in total. The zero-order chi connectivity index (χ0) is 10.0. The van der Waals surface area contributed by atoms with Gasteiger partial charge in [-0.05, 0) is 0 Å². The van der Waals surface area contributed by atoms with Crippen LogP contribution in [0.4, 0.5) is 4.79 Å². The minimum absolute atomic E-state index is 0.523. The summed E-state index contributed by atoms with van der Waals surface area (Å²) in [6.45, 7) is 1.16. The van der Waals surface area contributed by atoms with Crippen LogP contribution in [0.3, 0.4) is 0 Å². The van der Waals surface area contributed by atoms with E-state index < -0.39 is 29.8 Å². The van der Waals surface area contributed by atoms with E-state index in [-0.39, 0.29) is 0 Å². The van der Waals surface area contributed by atoms with Crippen LogP contribution >= 0.6 is 0 Å². The van der Waals surface area contributed by atoms with Crippen LogP contribution in [-0.4, -0.2) is 29.8 Å². The summed E-state index contributed by atoms with van der Waals surface area (Å²) in [7, 11) is 0. The predicted molar refractivity (Wildman–Crippen MR) is 39.3 cm³/mol. The van der Waals surface area contributed by atoms with Crippen molar-refractivity contribution in [3.05, 3.63) is 0 Å². The lowest BCUT2D eigenvalue weighted by Crippen LogP contribution is -2.64. The summed E-state index contributed by atoms with van der Waals surface area (Å²) in [5.74, 6) is -2.18. The van der Waals surface area contributed by atoms with E-state index in [1.807, 2.05) is 10.6 Å². The van der Waals surface area contributed by atoms with E-state index in [1.54, 1.807) is 0 Å². The smallest absolute Gasteiger partial charge is 0.328 e. The first kappa shape index (κ1) is 9.17. The molecular formula is C6H7N3O4. The number of barbiturate groups is 1. The molecule has 0 spiro atoms. The second kappa shape index (κ2) is 3.21. The summed E-state index contributed by atoms with van der Waals surface area (Å²) < 4.78 is 0. The lowest BCUT2D eigenvalue weighted by atomic mass is 10.2. The Kier molecular flexibility index (Phi) is 2.27. The highest BCUT2D eigenvalue weighted by atomic mass is 16.2. The van der Waals surface area contributed by atoms with Gasteiger partial charge in [-0.15, -0.1) is 0 Å².